The van der Waals surface area contributed by atoms with Crippen LogP contribution < -0.4 is 0 Å². The van der Waals surface area contributed by atoms with Crippen molar-refractivity contribution in [1.29, 1.82) is 0 Å². The van der Waals surface area contributed by atoms with Crippen LogP contribution in [0, 0.1) is 0 Å². The van der Waals surface area contributed by atoms with Crippen molar-refractivity contribution in [3.05, 3.63) is 17.2 Å². The molecule has 0 atom stereocenters. The molecule has 6 heteroatoms. The van der Waals surface area contributed by atoms with Crippen molar-refractivity contribution in [3.63, 3.8) is 0 Å². The number of aromatic carboxylic acids is 1. The van der Waals surface area contributed by atoms with Crippen LogP contribution in [-0.4, -0.2) is 31.7 Å². The molecule has 88 valence electrons. The lowest BCUT2D eigenvalue weighted by molar-refractivity contribution is 0.0694. The molecule has 0 unspecified atom stereocenters. The van der Waals surface area contributed by atoms with E-state index in [2.05, 4.69) is 15.9 Å². The molecule has 5 nitrogen and oxygen atoms in total. The van der Waals surface area contributed by atoms with Gasteiger partial charge in [-0.05, 0) is 18.9 Å². The third-order valence-corrected chi connectivity index (χ3v) is 2.71. The fourth-order valence-corrected chi connectivity index (χ4v) is 1.65. The fourth-order valence-electron chi connectivity index (χ4n) is 1.37. The van der Waals surface area contributed by atoms with Crippen LogP contribution in [0.25, 0.3) is 0 Å². The Kier molecular flexibility index (Phi) is 4.00. The van der Waals surface area contributed by atoms with Crippen LogP contribution in [0.2, 0.25) is 0 Å². The van der Waals surface area contributed by atoms with Gasteiger partial charge in [0.2, 0.25) is 5.75 Å². The number of alkyl halides is 1. The first kappa shape index (κ1) is 12.6. The molecule has 4 N–H and O–H groups in total. The van der Waals surface area contributed by atoms with Gasteiger partial charge in [-0.15, -0.1) is 0 Å². The number of rotatable bonds is 4. The second-order valence-electron chi connectivity index (χ2n) is 3.22. The number of hydrogen-bond donors (Lipinski definition) is 4. The monoisotopic (exact) mass is 290 g/mol. The average Bonchev–Trinajstić information content (AvgIpc) is 2.24. The normalized spacial score (nSPS) is 10.3. The van der Waals surface area contributed by atoms with Crippen LogP contribution in [0.4, 0.5) is 0 Å². The highest BCUT2D eigenvalue weighted by molar-refractivity contribution is 9.09. The van der Waals surface area contributed by atoms with Gasteiger partial charge in [0, 0.05) is 10.9 Å². The topological polar surface area (TPSA) is 98.0 Å². The number of hydrogen-bond acceptors (Lipinski definition) is 4. The minimum atomic E-state index is -1.25. The number of carboxylic acids is 1. The Balaban J connectivity index is 3.30. The molecule has 0 aromatic heterocycles. The summed E-state index contributed by atoms with van der Waals surface area (Å²) in [5, 5.41) is 37.6. The average molecular weight is 291 g/mol. The summed E-state index contributed by atoms with van der Waals surface area (Å²) in [6.07, 6.45) is 0.907. The van der Waals surface area contributed by atoms with Gasteiger partial charge in [-0.1, -0.05) is 15.9 Å². The summed E-state index contributed by atoms with van der Waals surface area (Å²) < 4.78 is 0. The summed E-state index contributed by atoms with van der Waals surface area (Å²) in [7, 11) is 0. The van der Waals surface area contributed by atoms with Gasteiger partial charge in [-0.2, -0.15) is 0 Å². The van der Waals surface area contributed by atoms with E-state index in [4.69, 9.17) is 5.11 Å². The summed E-state index contributed by atoms with van der Waals surface area (Å²) in [6.45, 7) is 0. The van der Waals surface area contributed by atoms with Crippen LogP contribution >= 0.6 is 15.9 Å². The Bertz CT molecular complexity index is 416. The number of phenols is 3. The van der Waals surface area contributed by atoms with Crippen LogP contribution in [0.15, 0.2) is 6.07 Å². The van der Waals surface area contributed by atoms with E-state index >= 15 is 0 Å². The molecule has 0 saturated carbocycles. The summed E-state index contributed by atoms with van der Waals surface area (Å²) in [4.78, 5) is 10.9. The van der Waals surface area contributed by atoms with Crippen molar-refractivity contribution < 1.29 is 25.2 Å². The zero-order chi connectivity index (χ0) is 12.3. The van der Waals surface area contributed by atoms with Gasteiger partial charge in [0.1, 0.15) is 0 Å². The minimum absolute atomic E-state index is 0.127. The van der Waals surface area contributed by atoms with Gasteiger partial charge in [0.05, 0.1) is 5.56 Å². The summed E-state index contributed by atoms with van der Waals surface area (Å²) in [6, 6.07) is 0.931. The summed E-state index contributed by atoms with van der Waals surface area (Å²) in [5.74, 6) is -3.15. The molecule has 0 aliphatic heterocycles. The van der Waals surface area contributed by atoms with Crippen LogP contribution in [0.3, 0.4) is 0 Å². The molecule has 0 heterocycles. The van der Waals surface area contributed by atoms with Gasteiger partial charge in [-0.3, -0.25) is 0 Å². The third kappa shape index (κ3) is 2.38. The molecule has 0 bridgehead atoms. The number of carboxylic acid groups (broad SMARTS) is 1. The SMILES string of the molecule is O=C(O)c1cc(O)c(O)c(O)c1CCCBr. The molecule has 0 radical (unpaired) electrons. The van der Waals surface area contributed by atoms with Crippen LogP contribution in [-0.2, 0) is 6.42 Å². The number of benzene rings is 1. The van der Waals surface area contributed by atoms with Gasteiger partial charge in [0.15, 0.2) is 11.5 Å². The van der Waals surface area contributed by atoms with Gasteiger partial charge in [-0.25, -0.2) is 4.79 Å². The Morgan fingerprint density at radius 1 is 1.25 bits per heavy atom. The predicted molar refractivity (Wildman–Crippen MR) is 60.5 cm³/mol. The van der Waals surface area contributed by atoms with E-state index in [0.717, 1.165) is 6.07 Å². The Hall–Kier alpha value is -1.43. The highest BCUT2D eigenvalue weighted by Gasteiger charge is 2.20. The first-order valence-electron chi connectivity index (χ1n) is 4.55. The molecule has 0 amide bonds. The molecule has 1 rings (SSSR count). The molecule has 0 aliphatic rings. The first-order chi connectivity index (χ1) is 7.49. The maximum atomic E-state index is 10.9. The molecule has 0 spiro atoms. The number of halogens is 1. The number of phenolic OH excluding ortho intramolecular Hbond substituents is 3. The van der Waals surface area contributed by atoms with Crippen LogP contribution in [0.1, 0.15) is 22.3 Å². The molecule has 0 fully saturated rings. The van der Waals surface area contributed by atoms with E-state index in [0.29, 0.717) is 18.2 Å². The smallest absolute Gasteiger partial charge is 0.336 e. The first-order valence-corrected chi connectivity index (χ1v) is 5.67. The van der Waals surface area contributed by atoms with Crippen molar-refractivity contribution in [2.24, 2.45) is 0 Å². The molecule has 0 saturated heterocycles. The molecule has 16 heavy (non-hydrogen) atoms. The van der Waals surface area contributed by atoms with E-state index in [9.17, 15) is 20.1 Å². The zero-order valence-electron chi connectivity index (χ0n) is 8.27. The summed E-state index contributed by atoms with van der Waals surface area (Å²) in [5.41, 5.74) is -0.0731. The lowest BCUT2D eigenvalue weighted by Crippen LogP contribution is -2.03. The summed E-state index contributed by atoms with van der Waals surface area (Å²) >= 11 is 3.19. The lowest BCUT2D eigenvalue weighted by Gasteiger charge is -2.10. The zero-order valence-corrected chi connectivity index (χ0v) is 9.86. The van der Waals surface area contributed by atoms with E-state index in [1.165, 1.54) is 0 Å². The highest BCUT2D eigenvalue weighted by Crippen LogP contribution is 2.40. The van der Waals surface area contributed by atoms with Crippen LogP contribution in [0.5, 0.6) is 17.2 Å². The quantitative estimate of drug-likeness (QED) is 0.501. The standard InChI is InChI=1S/C10H11BrO5/c11-3-1-2-5-6(10(15)16)4-7(12)9(14)8(5)13/h4,12-14H,1-3H2,(H,15,16). The Morgan fingerprint density at radius 3 is 2.38 bits per heavy atom. The van der Waals surface area contributed by atoms with E-state index in [-0.39, 0.29) is 11.1 Å². The number of carbonyl (C=O) groups is 1. The molecule has 0 aliphatic carbocycles. The third-order valence-electron chi connectivity index (χ3n) is 2.15. The largest absolute Gasteiger partial charge is 0.504 e. The van der Waals surface area contributed by atoms with Gasteiger partial charge >= 0.3 is 5.97 Å². The van der Waals surface area contributed by atoms with Crippen molar-refractivity contribution >= 4 is 21.9 Å². The second-order valence-corrected chi connectivity index (χ2v) is 4.01. The maximum Gasteiger partial charge on any atom is 0.336 e. The number of aromatic hydroxyl groups is 3. The van der Waals surface area contributed by atoms with E-state index in [1.807, 2.05) is 0 Å². The lowest BCUT2D eigenvalue weighted by atomic mass is 10.0. The Labute approximate surface area is 100 Å². The molecular weight excluding hydrogens is 280 g/mol. The van der Waals surface area contributed by atoms with Crippen molar-refractivity contribution in [3.8, 4) is 17.2 Å². The Morgan fingerprint density at radius 2 is 1.88 bits per heavy atom. The minimum Gasteiger partial charge on any atom is -0.504 e. The van der Waals surface area contributed by atoms with E-state index < -0.39 is 23.2 Å². The molecule has 1 aromatic rings. The van der Waals surface area contributed by atoms with E-state index in [1.54, 1.807) is 0 Å². The predicted octanol–water partition coefficient (Wildman–Crippen LogP) is 1.83. The highest BCUT2D eigenvalue weighted by atomic mass is 79.9. The van der Waals surface area contributed by atoms with Gasteiger partial charge < -0.3 is 20.4 Å². The van der Waals surface area contributed by atoms with Gasteiger partial charge in [0.25, 0.3) is 0 Å². The maximum absolute atomic E-state index is 10.9. The molecular formula is C10H11BrO5. The van der Waals surface area contributed by atoms with Crippen molar-refractivity contribution in [2.45, 2.75) is 12.8 Å². The fraction of sp³-hybridized carbons (Fsp3) is 0.300. The van der Waals surface area contributed by atoms with Crippen molar-refractivity contribution in [2.75, 3.05) is 5.33 Å². The second kappa shape index (κ2) is 5.07. The van der Waals surface area contributed by atoms with Crippen molar-refractivity contribution in [1.82, 2.24) is 0 Å². The molecule has 1 aromatic carbocycles.